The molecular formula is C14H17N3. The minimum absolute atomic E-state index is 0.788. The molecule has 1 aromatic carbocycles. The molecule has 0 saturated heterocycles. The average Bonchev–Trinajstić information content (AvgIpc) is 2.33. The summed E-state index contributed by atoms with van der Waals surface area (Å²) < 4.78 is 0. The van der Waals surface area contributed by atoms with Crippen LogP contribution in [0.15, 0.2) is 42.6 Å². The number of nitrogens with zero attached hydrogens (tertiary/aromatic N) is 2. The predicted molar refractivity (Wildman–Crippen MR) is 71.9 cm³/mol. The molecule has 2 aromatic rings. The number of aromatic nitrogens is 1. The molecule has 2 rings (SSSR count). The summed E-state index contributed by atoms with van der Waals surface area (Å²) in [6.07, 6.45) is 1.83. The summed E-state index contributed by atoms with van der Waals surface area (Å²) in [5.41, 5.74) is 9.92. The smallest absolute Gasteiger partial charge is 0.0625 e. The van der Waals surface area contributed by atoms with E-state index in [0.717, 1.165) is 23.6 Å². The molecular weight excluding hydrogens is 210 g/mol. The zero-order valence-corrected chi connectivity index (χ0v) is 10.2. The summed E-state index contributed by atoms with van der Waals surface area (Å²) >= 11 is 0. The molecule has 3 heteroatoms. The molecule has 0 aliphatic rings. The molecule has 88 valence electrons. The van der Waals surface area contributed by atoms with Crippen LogP contribution in [0.4, 0.5) is 11.4 Å². The summed E-state index contributed by atoms with van der Waals surface area (Å²) in [5, 5.41) is 0. The Kier molecular flexibility index (Phi) is 3.28. The Morgan fingerprint density at radius 3 is 2.53 bits per heavy atom. The van der Waals surface area contributed by atoms with Gasteiger partial charge in [0.15, 0.2) is 0 Å². The van der Waals surface area contributed by atoms with Crippen LogP contribution in [0.3, 0.4) is 0 Å². The zero-order valence-electron chi connectivity index (χ0n) is 10.2. The maximum Gasteiger partial charge on any atom is 0.0625 e. The third-order valence-corrected chi connectivity index (χ3v) is 2.84. The maximum atomic E-state index is 5.67. The molecule has 17 heavy (non-hydrogen) atoms. The van der Waals surface area contributed by atoms with Crippen molar-refractivity contribution < 1.29 is 0 Å². The first kappa shape index (κ1) is 11.5. The Balaban J connectivity index is 2.14. The molecule has 0 aliphatic heterocycles. The van der Waals surface area contributed by atoms with Crippen LogP contribution in [0, 0.1) is 6.92 Å². The lowest BCUT2D eigenvalue weighted by atomic mass is 10.2. The highest BCUT2D eigenvalue weighted by Crippen LogP contribution is 2.17. The fourth-order valence-corrected chi connectivity index (χ4v) is 1.73. The first-order valence-electron chi connectivity index (χ1n) is 5.64. The zero-order chi connectivity index (χ0) is 12.3. The number of aryl methyl sites for hydroxylation is 1. The summed E-state index contributed by atoms with van der Waals surface area (Å²) in [6.45, 7) is 2.88. The minimum atomic E-state index is 0.788. The van der Waals surface area contributed by atoms with Gasteiger partial charge in [0.25, 0.3) is 0 Å². The Morgan fingerprint density at radius 2 is 1.88 bits per heavy atom. The van der Waals surface area contributed by atoms with E-state index in [0.29, 0.717) is 0 Å². The number of pyridine rings is 1. The van der Waals surface area contributed by atoms with Crippen molar-refractivity contribution in [1.29, 1.82) is 0 Å². The minimum Gasteiger partial charge on any atom is -0.399 e. The van der Waals surface area contributed by atoms with Crippen molar-refractivity contribution >= 4 is 11.4 Å². The number of anilines is 2. The van der Waals surface area contributed by atoms with E-state index in [1.165, 1.54) is 5.56 Å². The standard InChI is InChI=1S/C14H17N3/c1-11-4-3-9-16-14(11)10-17(2)13-7-5-12(15)6-8-13/h3-9H,10,15H2,1-2H3. The third kappa shape index (κ3) is 2.75. The van der Waals surface area contributed by atoms with Crippen LogP contribution in [-0.4, -0.2) is 12.0 Å². The van der Waals surface area contributed by atoms with E-state index < -0.39 is 0 Å². The van der Waals surface area contributed by atoms with Crippen LogP contribution in [0.1, 0.15) is 11.3 Å². The second kappa shape index (κ2) is 4.87. The number of nitrogens with two attached hydrogens (primary N) is 1. The van der Waals surface area contributed by atoms with E-state index in [1.54, 1.807) is 0 Å². The van der Waals surface area contributed by atoms with Crippen LogP contribution in [0.5, 0.6) is 0 Å². The number of hydrogen-bond acceptors (Lipinski definition) is 3. The molecule has 1 heterocycles. The summed E-state index contributed by atoms with van der Waals surface area (Å²) in [7, 11) is 2.06. The van der Waals surface area contributed by atoms with Crippen molar-refractivity contribution in [2.24, 2.45) is 0 Å². The molecule has 3 nitrogen and oxygen atoms in total. The van der Waals surface area contributed by atoms with Gasteiger partial charge in [0.05, 0.1) is 12.2 Å². The average molecular weight is 227 g/mol. The van der Waals surface area contributed by atoms with Crippen LogP contribution in [0.2, 0.25) is 0 Å². The lowest BCUT2D eigenvalue weighted by molar-refractivity contribution is 0.874. The normalized spacial score (nSPS) is 10.2. The molecule has 0 radical (unpaired) electrons. The summed E-state index contributed by atoms with van der Waals surface area (Å²) in [5.74, 6) is 0. The Bertz CT molecular complexity index is 491. The van der Waals surface area contributed by atoms with Gasteiger partial charge in [0.1, 0.15) is 0 Å². The van der Waals surface area contributed by atoms with Gasteiger partial charge in [0.2, 0.25) is 0 Å². The highest BCUT2D eigenvalue weighted by molar-refractivity contribution is 5.52. The molecule has 0 amide bonds. The summed E-state index contributed by atoms with van der Waals surface area (Å²) in [6, 6.07) is 11.9. The van der Waals surface area contributed by atoms with E-state index >= 15 is 0 Å². The van der Waals surface area contributed by atoms with Gasteiger partial charge in [-0.2, -0.15) is 0 Å². The fraction of sp³-hybridized carbons (Fsp3) is 0.214. The fourth-order valence-electron chi connectivity index (χ4n) is 1.73. The first-order chi connectivity index (χ1) is 8.16. The van der Waals surface area contributed by atoms with E-state index in [-0.39, 0.29) is 0 Å². The van der Waals surface area contributed by atoms with Gasteiger partial charge in [0, 0.05) is 24.6 Å². The van der Waals surface area contributed by atoms with Gasteiger partial charge in [-0.1, -0.05) is 6.07 Å². The summed E-state index contributed by atoms with van der Waals surface area (Å²) in [4.78, 5) is 6.56. The Hall–Kier alpha value is -2.03. The van der Waals surface area contributed by atoms with Gasteiger partial charge in [-0.3, -0.25) is 4.98 Å². The molecule has 0 fully saturated rings. The number of hydrogen-bond donors (Lipinski definition) is 1. The molecule has 2 N–H and O–H groups in total. The highest BCUT2D eigenvalue weighted by Gasteiger charge is 2.04. The quantitative estimate of drug-likeness (QED) is 0.819. The van der Waals surface area contributed by atoms with Crippen LogP contribution >= 0.6 is 0 Å². The van der Waals surface area contributed by atoms with Gasteiger partial charge < -0.3 is 10.6 Å². The lowest BCUT2D eigenvalue weighted by Crippen LogP contribution is -2.17. The van der Waals surface area contributed by atoms with Gasteiger partial charge in [-0.25, -0.2) is 0 Å². The van der Waals surface area contributed by atoms with Crippen molar-refractivity contribution in [2.75, 3.05) is 17.7 Å². The molecule has 1 aromatic heterocycles. The Morgan fingerprint density at radius 1 is 1.18 bits per heavy atom. The predicted octanol–water partition coefficient (Wildman–Crippen LogP) is 2.61. The monoisotopic (exact) mass is 227 g/mol. The highest BCUT2D eigenvalue weighted by atomic mass is 15.1. The molecule has 0 aliphatic carbocycles. The van der Waals surface area contributed by atoms with E-state index in [9.17, 15) is 0 Å². The molecule has 0 saturated carbocycles. The number of nitrogen functional groups attached to an aromatic ring is 1. The van der Waals surface area contributed by atoms with Crippen LogP contribution < -0.4 is 10.6 Å². The van der Waals surface area contributed by atoms with E-state index in [1.807, 2.05) is 36.5 Å². The van der Waals surface area contributed by atoms with Crippen molar-refractivity contribution in [3.05, 3.63) is 53.9 Å². The van der Waals surface area contributed by atoms with Gasteiger partial charge >= 0.3 is 0 Å². The topological polar surface area (TPSA) is 42.2 Å². The van der Waals surface area contributed by atoms with Crippen molar-refractivity contribution in [2.45, 2.75) is 13.5 Å². The van der Waals surface area contributed by atoms with Crippen molar-refractivity contribution in [3.8, 4) is 0 Å². The maximum absolute atomic E-state index is 5.67. The van der Waals surface area contributed by atoms with Crippen LogP contribution in [-0.2, 0) is 6.54 Å². The van der Waals surface area contributed by atoms with Crippen molar-refractivity contribution in [3.63, 3.8) is 0 Å². The van der Waals surface area contributed by atoms with Crippen LogP contribution in [0.25, 0.3) is 0 Å². The second-order valence-electron chi connectivity index (χ2n) is 4.21. The van der Waals surface area contributed by atoms with Gasteiger partial charge in [-0.15, -0.1) is 0 Å². The van der Waals surface area contributed by atoms with Gasteiger partial charge in [-0.05, 0) is 42.8 Å². The third-order valence-electron chi connectivity index (χ3n) is 2.84. The number of rotatable bonds is 3. The molecule has 0 spiro atoms. The van der Waals surface area contributed by atoms with E-state index in [4.69, 9.17) is 5.73 Å². The largest absolute Gasteiger partial charge is 0.399 e. The van der Waals surface area contributed by atoms with E-state index in [2.05, 4.69) is 29.9 Å². The Labute approximate surface area is 102 Å². The SMILES string of the molecule is Cc1cccnc1CN(C)c1ccc(N)cc1. The number of benzene rings is 1. The second-order valence-corrected chi connectivity index (χ2v) is 4.21. The van der Waals surface area contributed by atoms with Crippen molar-refractivity contribution in [1.82, 2.24) is 4.98 Å². The molecule has 0 bridgehead atoms. The lowest BCUT2D eigenvalue weighted by Gasteiger charge is -2.19. The molecule has 0 unspecified atom stereocenters. The molecule has 0 atom stereocenters. The first-order valence-corrected chi connectivity index (χ1v) is 5.64.